The van der Waals surface area contributed by atoms with Crippen molar-refractivity contribution < 1.29 is 9.15 Å². The molecule has 1 saturated heterocycles. The summed E-state index contributed by atoms with van der Waals surface area (Å²) < 4.78 is 10.8. The molecule has 2 atom stereocenters. The lowest BCUT2D eigenvalue weighted by Gasteiger charge is -2.07. The van der Waals surface area contributed by atoms with Gasteiger partial charge in [-0.15, -0.1) is 21.8 Å². The van der Waals surface area contributed by atoms with Crippen molar-refractivity contribution in [3.05, 3.63) is 11.8 Å². The summed E-state index contributed by atoms with van der Waals surface area (Å²) in [6.45, 7) is 2.78. The van der Waals surface area contributed by atoms with E-state index in [2.05, 4.69) is 10.2 Å². The Labute approximate surface area is 81.2 Å². The smallest absolute Gasteiger partial charge is 0.231 e. The summed E-state index contributed by atoms with van der Waals surface area (Å²) in [5.41, 5.74) is 0. The normalized spacial score (nSPS) is 28.2. The molecule has 1 aromatic rings. The summed E-state index contributed by atoms with van der Waals surface area (Å²) in [7, 11) is 0. The summed E-state index contributed by atoms with van der Waals surface area (Å²) in [4.78, 5) is 0. The molecule has 2 rings (SSSR count). The van der Waals surface area contributed by atoms with E-state index < -0.39 is 0 Å². The largest absolute Gasteiger partial charge is 0.424 e. The fourth-order valence-electron chi connectivity index (χ4n) is 1.53. The molecule has 2 heterocycles. The molecule has 0 aromatic carbocycles. The van der Waals surface area contributed by atoms with Gasteiger partial charge in [-0.1, -0.05) is 0 Å². The monoisotopic (exact) mass is 202 g/mol. The van der Waals surface area contributed by atoms with Crippen LogP contribution >= 0.6 is 11.6 Å². The van der Waals surface area contributed by atoms with Gasteiger partial charge in [-0.2, -0.15) is 0 Å². The quantitative estimate of drug-likeness (QED) is 0.685. The highest BCUT2D eigenvalue weighted by molar-refractivity contribution is 6.16. The molecule has 5 heteroatoms. The molecule has 0 amide bonds. The van der Waals surface area contributed by atoms with E-state index in [1.54, 1.807) is 0 Å². The Hall–Kier alpha value is -0.610. The van der Waals surface area contributed by atoms with Gasteiger partial charge >= 0.3 is 0 Å². The highest BCUT2D eigenvalue weighted by atomic mass is 35.5. The minimum atomic E-state index is 0.170. The number of hydrogen-bond donors (Lipinski definition) is 0. The van der Waals surface area contributed by atoms with E-state index in [9.17, 15) is 0 Å². The molecule has 2 unspecified atom stereocenters. The molecule has 0 bridgehead atoms. The van der Waals surface area contributed by atoms with Crippen LogP contribution in [0.1, 0.15) is 31.0 Å². The summed E-state index contributed by atoms with van der Waals surface area (Å²) in [5.74, 6) is 1.65. The molecule has 13 heavy (non-hydrogen) atoms. The van der Waals surface area contributed by atoms with Gasteiger partial charge in [-0.25, -0.2) is 0 Å². The van der Waals surface area contributed by atoms with Crippen molar-refractivity contribution >= 4 is 11.6 Å². The van der Waals surface area contributed by atoms with Gasteiger partial charge < -0.3 is 9.15 Å². The third kappa shape index (κ3) is 1.69. The lowest BCUT2D eigenvalue weighted by atomic mass is 10.0. The summed E-state index contributed by atoms with van der Waals surface area (Å²) >= 11 is 5.56. The minimum Gasteiger partial charge on any atom is -0.424 e. The zero-order valence-electron chi connectivity index (χ0n) is 7.36. The molecule has 0 radical (unpaired) electrons. The van der Waals surface area contributed by atoms with Gasteiger partial charge in [-0.3, -0.25) is 0 Å². The van der Waals surface area contributed by atoms with E-state index >= 15 is 0 Å². The van der Waals surface area contributed by atoms with Gasteiger partial charge in [0.05, 0.1) is 12.0 Å². The predicted molar refractivity (Wildman–Crippen MR) is 46.6 cm³/mol. The molecule has 0 N–H and O–H groups in total. The molecule has 72 valence electrons. The Bertz CT molecular complexity index is 289. The average molecular weight is 203 g/mol. The van der Waals surface area contributed by atoms with Crippen molar-refractivity contribution in [2.45, 2.75) is 31.2 Å². The Morgan fingerprint density at radius 2 is 2.38 bits per heavy atom. The van der Waals surface area contributed by atoms with Gasteiger partial charge in [0.15, 0.2) is 0 Å². The molecule has 1 aliphatic heterocycles. The van der Waals surface area contributed by atoms with Crippen molar-refractivity contribution in [2.24, 2.45) is 0 Å². The van der Waals surface area contributed by atoms with Crippen LogP contribution in [0.3, 0.4) is 0 Å². The standard InChI is InChI=1S/C8H11ClN2O2/c1-5-6(2-3-12-5)8-11-10-7(4-9)13-8/h5-6H,2-4H2,1H3. The Kier molecular flexibility index (Phi) is 2.51. The Balaban J connectivity index is 2.15. The lowest BCUT2D eigenvalue weighted by Crippen LogP contribution is -2.09. The van der Waals surface area contributed by atoms with Gasteiger partial charge in [-0.05, 0) is 13.3 Å². The van der Waals surface area contributed by atoms with Gasteiger partial charge in [0.25, 0.3) is 0 Å². The molecule has 1 aromatic heterocycles. The van der Waals surface area contributed by atoms with E-state index in [1.165, 1.54) is 0 Å². The fourth-order valence-corrected chi connectivity index (χ4v) is 1.63. The second-order valence-electron chi connectivity index (χ2n) is 3.14. The van der Waals surface area contributed by atoms with Crippen LogP contribution in [-0.4, -0.2) is 22.9 Å². The molecule has 0 spiro atoms. The van der Waals surface area contributed by atoms with Crippen LogP contribution in [0.15, 0.2) is 4.42 Å². The van der Waals surface area contributed by atoms with Crippen molar-refractivity contribution in [2.75, 3.05) is 6.61 Å². The van der Waals surface area contributed by atoms with Crippen LogP contribution in [0.25, 0.3) is 0 Å². The zero-order valence-corrected chi connectivity index (χ0v) is 8.12. The van der Waals surface area contributed by atoms with Crippen LogP contribution < -0.4 is 0 Å². The van der Waals surface area contributed by atoms with Crippen LogP contribution in [0.5, 0.6) is 0 Å². The van der Waals surface area contributed by atoms with Crippen LogP contribution in [-0.2, 0) is 10.6 Å². The summed E-state index contributed by atoms with van der Waals surface area (Å²) in [6.07, 6.45) is 1.12. The third-order valence-corrected chi connectivity index (χ3v) is 2.52. The SMILES string of the molecule is CC1OCCC1c1nnc(CCl)o1. The maximum atomic E-state index is 5.56. The van der Waals surface area contributed by atoms with E-state index in [4.69, 9.17) is 20.8 Å². The number of aromatic nitrogens is 2. The molecular formula is C8H11ClN2O2. The first kappa shape index (κ1) is 8.97. The molecule has 4 nitrogen and oxygen atoms in total. The topological polar surface area (TPSA) is 48.2 Å². The number of alkyl halides is 1. The third-order valence-electron chi connectivity index (χ3n) is 2.29. The van der Waals surface area contributed by atoms with Crippen LogP contribution in [0.4, 0.5) is 0 Å². The second-order valence-corrected chi connectivity index (χ2v) is 3.41. The maximum absolute atomic E-state index is 5.56. The molecule has 0 saturated carbocycles. The predicted octanol–water partition coefficient (Wildman–Crippen LogP) is 1.70. The number of nitrogens with zero attached hydrogens (tertiary/aromatic N) is 2. The van der Waals surface area contributed by atoms with Crippen molar-refractivity contribution in [3.63, 3.8) is 0 Å². The first-order valence-electron chi connectivity index (χ1n) is 4.31. The first-order valence-corrected chi connectivity index (χ1v) is 4.84. The summed E-state index contributed by atoms with van der Waals surface area (Å²) in [5, 5.41) is 7.75. The highest BCUT2D eigenvalue weighted by Crippen LogP contribution is 2.29. The second kappa shape index (κ2) is 3.64. The zero-order chi connectivity index (χ0) is 9.26. The molecule has 1 fully saturated rings. The molecular weight excluding hydrogens is 192 g/mol. The van der Waals surface area contributed by atoms with Crippen molar-refractivity contribution in [3.8, 4) is 0 Å². The van der Waals surface area contributed by atoms with E-state index in [-0.39, 0.29) is 17.9 Å². The Morgan fingerprint density at radius 3 is 2.92 bits per heavy atom. The van der Waals surface area contributed by atoms with E-state index in [0.717, 1.165) is 13.0 Å². The fraction of sp³-hybridized carbons (Fsp3) is 0.750. The molecule has 0 aliphatic carbocycles. The number of halogens is 1. The highest BCUT2D eigenvalue weighted by Gasteiger charge is 2.30. The lowest BCUT2D eigenvalue weighted by molar-refractivity contribution is 0.114. The van der Waals surface area contributed by atoms with E-state index in [1.807, 2.05) is 6.92 Å². The van der Waals surface area contributed by atoms with Crippen molar-refractivity contribution in [1.29, 1.82) is 0 Å². The van der Waals surface area contributed by atoms with Gasteiger partial charge in [0.1, 0.15) is 5.88 Å². The van der Waals surface area contributed by atoms with Crippen LogP contribution in [0.2, 0.25) is 0 Å². The number of ether oxygens (including phenoxy) is 1. The number of rotatable bonds is 2. The number of hydrogen-bond acceptors (Lipinski definition) is 4. The van der Waals surface area contributed by atoms with E-state index in [0.29, 0.717) is 11.8 Å². The average Bonchev–Trinajstić information content (AvgIpc) is 2.71. The maximum Gasteiger partial charge on any atom is 0.231 e. The first-order chi connectivity index (χ1) is 6.31. The molecule has 1 aliphatic rings. The minimum absolute atomic E-state index is 0.170. The van der Waals surface area contributed by atoms with Gasteiger partial charge in [0.2, 0.25) is 11.8 Å². The summed E-state index contributed by atoms with van der Waals surface area (Å²) in [6, 6.07) is 0. The van der Waals surface area contributed by atoms with Crippen LogP contribution in [0, 0.1) is 0 Å². The van der Waals surface area contributed by atoms with Crippen molar-refractivity contribution in [1.82, 2.24) is 10.2 Å². The Morgan fingerprint density at radius 1 is 1.54 bits per heavy atom. The van der Waals surface area contributed by atoms with Gasteiger partial charge in [0, 0.05) is 6.61 Å².